The van der Waals surface area contributed by atoms with Crippen molar-refractivity contribution >= 4 is 17.5 Å². The van der Waals surface area contributed by atoms with Gasteiger partial charge < -0.3 is 10.5 Å². The molecule has 0 bridgehead atoms. The van der Waals surface area contributed by atoms with E-state index >= 15 is 0 Å². The minimum Gasteiger partial charge on any atom is -0.439 e. The quantitative estimate of drug-likeness (QED) is 0.858. The van der Waals surface area contributed by atoms with Gasteiger partial charge in [0.2, 0.25) is 11.8 Å². The normalized spacial score (nSPS) is 12.2. The van der Waals surface area contributed by atoms with Crippen molar-refractivity contribution in [1.82, 2.24) is 9.97 Å². The summed E-state index contributed by atoms with van der Waals surface area (Å²) in [6.07, 6.45) is 1.03. The van der Waals surface area contributed by atoms with E-state index in [0.717, 1.165) is 17.7 Å². The molecule has 2 N–H and O–H groups in total. The maximum Gasteiger partial charge on any atom is 0.225 e. The first-order chi connectivity index (χ1) is 9.10. The summed E-state index contributed by atoms with van der Waals surface area (Å²) in [5.41, 5.74) is 6.69. The topological polar surface area (TPSA) is 61.0 Å². The molecule has 1 unspecified atom stereocenters. The highest BCUT2D eigenvalue weighted by molar-refractivity contribution is 6.29. The average molecular weight is 278 g/mol. The molecule has 4 nitrogen and oxygen atoms in total. The number of aromatic nitrogens is 2. The maximum atomic E-state index is 5.83. The smallest absolute Gasteiger partial charge is 0.225 e. The van der Waals surface area contributed by atoms with Crippen molar-refractivity contribution < 1.29 is 4.74 Å². The van der Waals surface area contributed by atoms with E-state index in [2.05, 4.69) is 29.9 Å². The number of hydrogen-bond donors (Lipinski definition) is 1. The fraction of sp³-hybridized carbons (Fsp3) is 0.286. The predicted octanol–water partition coefficient (Wildman–Crippen LogP) is 4.02. The number of hydrogen-bond acceptors (Lipinski definition) is 4. The predicted molar refractivity (Wildman–Crippen MR) is 76.7 cm³/mol. The number of nitrogens with zero attached hydrogens (tertiary/aromatic N) is 2. The molecule has 19 heavy (non-hydrogen) atoms. The third-order valence-electron chi connectivity index (χ3n) is 2.97. The molecular weight excluding hydrogens is 262 g/mol. The van der Waals surface area contributed by atoms with Crippen molar-refractivity contribution in [3.05, 3.63) is 41.0 Å². The van der Waals surface area contributed by atoms with Crippen LogP contribution in [0.2, 0.25) is 5.15 Å². The zero-order chi connectivity index (χ0) is 13.8. The van der Waals surface area contributed by atoms with Crippen LogP contribution in [0.15, 0.2) is 30.3 Å². The van der Waals surface area contributed by atoms with Crippen LogP contribution in [0.3, 0.4) is 0 Å². The monoisotopic (exact) mass is 277 g/mol. The van der Waals surface area contributed by atoms with Crippen molar-refractivity contribution in [2.24, 2.45) is 0 Å². The van der Waals surface area contributed by atoms with Crippen LogP contribution in [0.5, 0.6) is 11.6 Å². The van der Waals surface area contributed by atoms with Crippen LogP contribution in [0.4, 0.5) is 5.95 Å². The van der Waals surface area contributed by atoms with E-state index < -0.39 is 0 Å². The zero-order valence-corrected chi connectivity index (χ0v) is 11.7. The van der Waals surface area contributed by atoms with E-state index in [1.807, 2.05) is 18.2 Å². The van der Waals surface area contributed by atoms with Gasteiger partial charge in [-0.2, -0.15) is 4.98 Å². The van der Waals surface area contributed by atoms with Gasteiger partial charge in [0.05, 0.1) is 0 Å². The van der Waals surface area contributed by atoms with E-state index in [-0.39, 0.29) is 11.1 Å². The summed E-state index contributed by atoms with van der Waals surface area (Å²) in [5, 5.41) is 0.267. The molecule has 0 saturated carbocycles. The molecule has 0 fully saturated rings. The first-order valence-electron chi connectivity index (χ1n) is 6.17. The Morgan fingerprint density at radius 3 is 2.74 bits per heavy atom. The van der Waals surface area contributed by atoms with Crippen LogP contribution in [0, 0.1) is 0 Å². The summed E-state index contributed by atoms with van der Waals surface area (Å²) in [6.45, 7) is 4.30. The molecule has 0 spiro atoms. The second-order valence-electron chi connectivity index (χ2n) is 4.34. The fourth-order valence-electron chi connectivity index (χ4n) is 1.78. The number of para-hydroxylation sites is 1. The Labute approximate surface area is 117 Å². The summed E-state index contributed by atoms with van der Waals surface area (Å²) in [7, 11) is 0. The van der Waals surface area contributed by atoms with Gasteiger partial charge in [0, 0.05) is 6.07 Å². The van der Waals surface area contributed by atoms with E-state index in [1.54, 1.807) is 6.07 Å². The Hall–Kier alpha value is -1.81. The van der Waals surface area contributed by atoms with Crippen LogP contribution in [-0.2, 0) is 0 Å². The van der Waals surface area contributed by atoms with Crippen LogP contribution in [-0.4, -0.2) is 9.97 Å². The van der Waals surface area contributed by atoms with E-state index in [9.17, 15) is 0 Å². The lowest BCUT2D eigenvalue weighted by atomic mass is 9.98. The molecule has 0 radical (unpaired) electrons. The molecule has 0 amide bonds. The summed E-state index contributed by atoms with van der Waals surface area (Å²) in [5.74, 6) is 1.63. The first-order valence-corrected chi connectivity index (χ1v) is 6.54. The highest BCUT2D eigenvalue weighted by atomic mass is 35.5. The third-order valence-corrected chi connectivity index (χ3v) is 3.16. The molecule has 0 aliphatic heterocycles. The zero-order valence-electron chi connectivity index (χ0n) is 10.9. The minimum atomic E-state index is 0.100. The Morgan fingerprint density at radius 1 is 1.32 bits per heavy atom. The van der Waals surface area contributed by atoms with Gasteiger partial charge in [-0.15, -0.1) is 0 Å². The summed E-state index contributed by atoms with van der Waals surface area (Å²) < 4.78 is 5.78. The molecule has 2 aromatic rings. The Balaban J connectivity index is 2.32. The van der Waals surface area contributed by atoms with Crippen molar-refractivity contribution in [2.75, 3.05) is 5.73 Å². The number of anilines is 1. The first kappa shape index (κ1) is 13.6. The third kappa shape index (κ3) is 3.35. The summed E-state index contributed by atoms with van der Waals surface area (Å²) >= 11 is 5.83. The molecule has 0 aliphatic carbocycles. The van der Waals surface area contributed by atoms with Gasteiger partial charge in [0.15, 0.2) is 0 Å². The average Bonchev–Trinajstić information content (AvgIpc) is 2.37. The lowest BCUT2D eigenvalue weighted by Crippen LogP contribution is -2.00. The van der Waals surface area contributed by atoms with Gasteiger partial charge >= 0.3 is 0 Å². The SMILES string of the molecule is CCC(C)c1ccccc1Oc1cc(Cl)nc(N)n1. The van der Waals surface area contributed by atoms with E-state index in [4.69, 9.17) is 22.1 Å². The van der Waals surface area contributed by atoms with Crippen molar-refractivity contribution in [1.29, 1.82) is 0 Å². The Kier molecular flexibility index (Phi) is 4.22. The molecule has 0 aliphatic rings. The maximum absolute atomic E-state index is 5.83. The van der Waals surface area contributed by atoms with Crippen LogP contribution >= 0.6 is 11.6 Å². The molecule has 1 heterocycles. The fourth-order valence-corrected chi connectivity index (χ4v) is 1.96. The van der Waals surface area contributed by atoms with Crippen molar-refractivity contribution in [3.8, 4) is 11.6 Å². The molecular formula is C14H16ClN3O. The van der Waals surface area contributed by atoms with E-state index in [1.165, 1.54) is 0 Å². The molecule has 2 rings (SSSR count). The van der Waals surface area contributed by atoms with Crippen LogP contribution < -0.4 is 10.5 Å². The Morgan fingerprint density at radius 2 is 2.05 bits per heavy atom. The minimum absolute atomic E-state index is 0.100. The number of nitrogens with two attached hydrogens (primary N) is 1. The lowest BCUT2D eigenvalue weighted by molar-refractivity contribution is 0.452. The van der Waals surface area contributed by atoms with Gasteiger partial charge in [0.1, 0.15) is 10.9 Å². The van der Waals surface area contributed by atoms with Gasteiger partial charge in [-0.05, 0) is 24.0 Å². The largest absolute Gasteiger partial charge is 0.439 e. The molecule has 1 atom stereocenters. The highest BCUT2D eigenvalue weighted by Crippen LogP contribution is 2.31. The van der Waals surface area contributed by atoms with Crippen LogP contribution in [0.1, 0.15) is 31.7 Å². The molecule has 1 aromatic heterocycles. The van der Waals surface area contributed by atoms with Gasteiger partial charge in [-0.25, -0.2) is 4.98 Å². The lowest BCUT2D eigenvalue weighted by Gasteiger charge is -2.14. The molecule has 0 saturated heterocycles. The summed E-state index contributed by atoms with van der Waals surface area (Å²) in [6, 6.07) is 9.43. The van der Waals surface area contributed by atoms with Crippen molar-refractivity contribution in [3.63, 3.8) is 0 Å². The number of rotatable bonds is 4. The number of ether oxygens (including phenoxy) is 1. The second kappa shape index (κ2) is 5.89. The standard InChI is InChI=1S/C14H16ClN3O/c1-3-9(2)10-6-4-5-7-11(10)19-13-8-12(15)17-14(16)18-13/h4-9H,3H2,1-2H3,(H2,16,17,18). The summed E-state index contributed by atoms with van der Waals surface area (Å²) in [4.78, 5) is 7.82. The van der Waals surface area contributed by atoms with Gasteiger partial charge in [-0.1, -0.05) is 43.6 Å². The van der Waals surface area contributed by atoms with Gasteiger partial charge in [0.25, 0.3) is 0 Å². The highest BCUT2D eigenvalue weighted by Gasteiger charge is 2.11. The number of halogens is 1. The molecule has 5 heteroatoms. The van der Waals surface area contributed by atoms with Crippen molar-refractivity contribution in [2.45, 2.75) is 26.2 Å². The number of benzene rings is 1. The Bertz CT molecular complexity index is 554. The molecule has 1 aromatic carbocycles. The van der Waals surface area contributed by atoms with Gasteiger partial charge in [-0.3, -0.25) is 0 Å². The van der Waals surface area contributed by atoms with E-state index in [0.29, 0.717) is 11.8 Å². The van der Waals surface area contributed by atoms with Crippen LogP contribution in [0.25, 0.3) is 0 Å². The molecule has 100 valence electrons. The second-order valence-corrected chi connectivity index (χ2v) is 4.72. The number of nitrogen functional groups attached to an aromatic ring is 1.